The van der Waals surface area contributed by atoms with E-state index in [9.17, 15) is 33.6 Å². The maximum Gasteiger partial charge on any atom is 0.410 e. The van der Waals surface area contributed by atoms with Crippen LogP contribution in [-0.4, -0.2) is 97.3 Å². The Balaban J connectivity index is 1.30. The van der Waals surface area contributed by atoms with Gasteiger partial charge in [-0.15, -0.1) is 0 Å². The molecule has 14 heteroatoms. The van der Waals surface area contributed by atoms with E-state index in [1.165, 1.54) is 16.8 Å². The predicted octanol–water partition coefficient (Wildman–Crippen LogP) is 6.76. The second kappa shape index (κ2) is 23.2. The normalized spacial score (nSPS) is 18.0. The van der Waals surface area contributed by atoms with Crippen LogP contribution in [0.25, 0.3) is 0 Å². The Morgan fingerprint density at radius 1 is 0.873 bits per heavy atom. The van der Waals surface area contributed by atoms with E-state index in [-0.39, 0.29) is 49.8 Å². The number of aryl methyl sites for hydroxylation is 1. The summed E-state index contributed by atoms with van der Waals surface area (Å²) in [6.07, 6.45) is 3.69. The lowest BCUT2D eigenvalue weighted by atomic mass is 9.85. The molecule has 2 aliphatic heterocycles. The quantitative estimate of drug-likeness (QED) is 0.0761. The summed E-state index contributed by atoms with van der Waals surface area (Å²) in [4.78, 5) is 104. The molecule has 1 aromatic heterocycles. The fourth-order valence-electron chi connectivity index (χ4n) is 8.76. The lowest BCUT2D eigenvalue weighted by Crippen LogP contribution is -2.55. The van der Waals surface area contributed by atoms with Crippen molar-refractivity contribution >= 4 is 41.0 Å². The Kier molecular flexibility index (Phi) is 17.9. The minimum absolute atomic E-state index is 0.00504. The second-order valence-corrected chi connectivity index (χ2v) is 18.1. The summed E-state index contributed by atoms with van der Waals surface area (Å²) < 4.78 is 6.03. The summed E-state index contributed by atoms with van der Waals surface area (Å²) >= 11 is 0. The molecule has 2 N–H and O–H groups in total. The van der Waals surface area contributed by atoms with Crippen LogP contribution in [0.2, 0.25) is 0 Å². The van der Waals surface area contributed by atoms with Crippen LogP contribution in [0.3, 0.4) is 0 Å². The number of carbonyl (C=O) groups is 7. The first-order chi connectivity index (χ1) is 30.2. The molecular weight excluding hydrogens is 801 g/mol. The highest BCUT2D eigenvalue weighted by atomic mass is 16.6. The topological polar surface area (TPSA) is 189 Å². The van der Waals surface area contributed by atoms with Crippen molar-refractivity contribution in [2.75, 3.05) is 13.1 Å². The van der Waals surface area contributed by atoms with Gasteiger partial charge in [-0.1, -0.05) is 103 Å². The molecule has 0 saturated carbocycles. The standard InChI is InChI=1S/C49H66N6O8/c1-7-15-36(46(59)43(58)24-33(6)34-16-9-8-10-17-34)25-42(57)41-27-39(63-49(62)54-23-22-35-18-11-12-19-37(35)28-54)29-55(41)48(61)45(32(4)5)52-47(60)40(31(2)3)26-38(56)20-13-14-21-44-50-30-51-53-44/h8-12,16-19,30-33,36,39-41,45H,7,13-15,20-29H2,1-6H3,(H,52,60)(H,50,51,53)/t33-,36?,39-,40-,41+,45+/m1/s1. The van der Waals surface area contributed by atoms with Crippen LogP contribution in [-0.2, 0) is 52.9 Å². The highest BCUT2D eigenvalue weighted by molar-refractivity contribution is 6.38. The van der Waals surface area contributed by atoms with E-state index in [0.29, 0.717) is 51.6 Å². The third kappa shape index (κ3) is 13.5. The van der Waals surface area contributed by atoms with Gasteiger partial charge in [-0.25, -0.2) is 9.78 Å². The predicted molar refractivity (Wildman–Crippen MR) is 237 cm³/mol. The molecule has 3 aromatic rings. The number of hydrogen-bond acceptors (Lipinski definition) is 10. The first-order valence-corrected chi connectivity index (χ1v) is 22.8. The van der Waals surface area contributed by atoms with Crippen molar-refractivity contribution in [3.8, 4) is 0 Å². The minimum Gasteiger partial charge on any atom is -0.444 e. The van der Waals surface area contributed by atoms with Gasteiger partial charge in [-0.3, -0.25) is 33.9 Å². The van der Waals surface area contributed by atoms with Crippen molar-refractivity contribution in [3.05, 3.63) is 83.4 Å². The van der Waals surface area contributed by atoms with Gasteiger partial charge in [0.1, 0.15) is 30.1 Å². The summed E-state index contributed by atoms with van der Waals surface area (Å²) in [5.74, 6) is -4.19. The number of hydrogen-bond donors (Lipinski definition) is 2. The zero-order valence-electron chi connectivity index (χ0n) is 37.8. The van der Waals surface area contributed by atoms with Crippen LogP contribution in [0.15, 0.2) is 60.9 Å². The number of nitrogens with zero attached hydrogens (tertiary/aromatic N) is 4. The molecule has 1 unspecified atom stereocenters. The van der Waals surface area contributed by atoms with Gasteiger partial charge >= 0.3 is 6.09 Å². The number of ether oxygens (including phenoxy) is 1. The van der Waals surface area contributed by atoms with Crippen LogP contribution in [0.5, 0.6) is 0 Å². The molecule has 1 fully saturated rings. The molecule has 0 radical (unpaired) electrons. The van der Waals surface area contributed by atoms with Crippen LogP contribution < -0.4 is 5.32 Å². The molecule has 63 heavy (non-hydrogen) atoms. The number of H-pyrrole nitrogens is 1. The number of unbranched alkanes of at least 4 members (excludes halogenated alkanes) is 1. The number of likely N-dealkylation sites (tertiary alicyclic amines) is 1. The summed E-state index contributed by atoms with van der Waals surface area (Å²) in [6.45, 7) is 11.8. The van der Waals surface area contributed by atoms with Crippen molar-refractivity contribution in [2.45, 2.75) is 143 Å². The number of Topliss-reactive ketones (excluding diaryl/α,β-unsaturated/α-hetero) is 4. The molecule has 0 spiro atoms. The molecule has 3 heterocycles. The summed E-state index contributed by atoms with van der Waals surface area (Å²) in [7, 11) is 0. The van der Waals surface area contributed by atoms with Gasteiger partial charge in [-0.05, 0) is 60.1 Å². The monoisotopic (exact) mass is 866 g/mol. The SMILES string of the molecule is CCCC(CC(=O)[C@@H]1C[C@@H](OC(=O)N2CCc3ccccc3C2)CN1C(=O)[C@@H](NC(=O)[C@H](CC(=O)CCCCc1ncn[nH]1)C(C)C)C(C)C)C(=O)C(=O)C[C@@H](C)c1ccccc1. The minimum atomic E-state index is -1.07. The molecule has 1 saturated heterocycles. The summed E-state index contributed by atoms with van der Waals surface area (Å²) in [6, 6.07) is 15.2. The highest BCUT2D eigenvalue weighted by Gasteiger charge is 2.46. The molecule has 14 nitrogen and oxygen atoms in total. The second-order valence-electron chi connectivity index (χ2n) is 18.1. The van der Waals surface area contributed by atoms with Crippen LogP contribution in [0.1, 0.15) is 128 Å². The first kappa shape index (κ1) is 48.5. The van der Waals surface area contributed by atoms with Crippen molar-refractivity contribution in [3.63, 3.8) is 0 Å². The lowest BCUT2D eigenvalue weighted by molar-refractivity contribution is -0.144. The molecule has 5 rings (SSSR count). The molecule has 2 aromatic carbocycles. The number of ketones is 4. The third-order valence-electron chi connectivity index (χ3n) is 12.6. The van der Waals surface area contributed by atoms with Crippen LogP contribution in [0.4, 0.5) is 4.79 Å². The Morgan fingerprint density at radius 2 is 1.59 bits per heavy atom. The van der Waals surface area contributed by atoms with Gasteiger partial charge in [0.05, 0.1) is 12.6 Å². The molecule has 340 valence electrons. The fraction of sp³-hybridized carbons (Fsp3) is 0.571. The number of amides is 3. The van der Waals surface area contributed by atoms with E-state index in [1.54, 1.807) is 18.7 Å². The Hall–Kier alpha value is -5.53. The van der Waals surface area contributed by atoms with E-state index in [1.807, 2.05) is 82.3 Å². The number of fused-ring (bicyclic) bond motifs is 1. The molecule has 6 atom stereocenters. The smallest absolute Gasteiger partial charge is 0.410 e. The summed E-state index contributed by atoms with van der Waals surface area (Å²) in [5, 5.41) is 9.60. The molecule has 0 bridgehead atoms. The van der Waals surface area contributed by atoms with E-state index < -0.39 is 71.2 Å². The lowest BCUT2D eigenvalue weighted by Gasteiger charge is -2.32. The van der Waals surface area contributed by atoms with Gasteiger partial charge in [0.2, 0.25) is 17.6 Å². The number of aromatic amines is 1. The van der Waals surface area contributed by atoms with Crippen molar-refractivity contribution in [1.82, 2.24) is 30.3 Å². The van der Waals surface area contributed by atoms with E-state index >= 15 is 0 Å². The number of aromatic nitrogens is 3. The fourth-order valence-corrected chi connectivity index (χ4v) is 8.76. The van der Waals surface area contributed by atoms with Gasteiger partial charge in [0.25, 0.3) is 0 Å². The van der Waals surface area contributed by atoms with E-state index in [2.05, 4.69) is 20.5 Å². The van der Waals surface area contributed by atoms with Gasteiger partial charge in [0.15, 0.2) is 11.6 Å². The largest absolute Gasteiger partial charge is 0.444 e. The van der Waals surface area contributed by atoms with E-state index in [4.69, 9.17) is 4.74 Å². The maximum atomic E-state index is 14.7. The number of rotatable bonds is 23. The molecule has 3 amide bonds. The van der Waals surface area contributed by atoms with Crippen LogP contribution >= 0.6 is 0 Å². The maximum absolute atomic E-state index is 14.7. The molecule has 0 aliphatic carbocycles. The van der Waals surface area contributed by atoms with E-state index in [0.717, 1.165) is 23.4 Å². The Morgan fingerprint density at radius 3 is 2.25 bits per heavy atom. The summed E-state index contributed by atoms with van der Waals surface area (Å²) in [5.41, 5.74) is 3.12. The van der Waals surface area contributed by atoms with Crippen LogP contribution in [0, 0.1) is 23.7 Å². The van der Waals surface area contributed by atoms with Crippen molar-refractivity contribution < 1.29 is 38.3 Å². The number of carbonyl (C=O) groups excluding carboxylic acids is 7. The highest BCUT2D eigenvalue weighted by Crippen LogP contribution is 2.30. The zero-order valence-corrected chi connectivity index (χ0v) is 37.8. The average molecular weight is 867 g/mol. The zero-order chi connectivity index (χ0) is 45.6. The number of benzene rings is 2. The first-order valence-electron chi connectivity index (χ1n) is 22.8. The van der Waals surface area contributed by atoms with Gasteiger partial charge in [0, 0.05) is 63.5 Å². The third-order valence-corrected chi connectivity index (χ3v) is 12.6. The Bertz CT molecular complexity index is 2040. The van der Waals surface area contributed by atoms with Gasteiger partial charge in [-0.2, -0.15) is 5.10 Å². The van der Waals surface area contributed by atoms with Crippen molar-refractivity contribution in [2.24, 2.45) is 23.7 Å². The molecular formula is C49H66N6O8. The number of nitrogens with one attached hydrogen (secondary N) is 2. The molecule has 2 aliphatic rings. The van der Waals surface area contributed by atoms with Gasteiger partial charge < -0.3 is 19.9 Å². The van der Waals surface area contributed by atoms with Crippen molar-refractivity contribution in [1.29, 1.82) is 0 Å². The average Bonchev–Trinajstić information content (AvgIpc) is 3.96. The Labute approximate surface area is 371 Å².